The second-order valence-electron chi connectivity index (χ2n) is 4.27. The summed E-state index contributed by atoms with van der Waals surface area (Å²) < 4.78 is 4.98. The lowest BCUT2D eigenvalue weighted by atomic mass is 10.1. The third-order valence-corrected chi connectivity index (χ3v) is 2.93. The Labute approximate surface area is 116 Å². The summed E-state index contributed by atoms with van der Waals surface area (Å²) in [4.78, 5) is 14.7. The molecule has 0 aliphatic rings. The smallest absolute Gasteiger partial charge is 0.274 e. The molecule has 1 N–H and O–H groups in total. The fourth-order valence-corrected chi connectivity index (χ4v) is 1.93. The Hall–Kier alpha value is -2.63. The maximum Gasteiger partial charge on any atom is 0.274 e. The van der Waals surface area contributed by atoms with Crippen LogP contribution in [0, 0.1) is 10.1 Å². The third-order valence-electron chi connectivity index (χ3n) is 2.93. The Balaban J connectivity index is 2.19. The summed E-state index contributed by atoms with van der Waals surface area (Å²) in [6.45, 7) is 1.87. The van der Waals surface area contributed by atoms with E-state index in [0.717, 1.165) is 5.69 Å². The number of methoxy groups -OCH3 is 1. The van der Waals surface area contributed by atoms with Crippen LogP contribution in [-0.4, -0.2) is 17.0 Å². The van der Waals surface area contributed by atoms with Crippen molar-refractivity contribution in [2.45, 2.75) is 13.0 Å². The van der Waals surface area contributed by atoms with E-state index in [1.54, 1.807) is 37.6 Å². The normalized spacial score (nSPS) is 11.7. The van der Waals surface area contributed by atoms with E-state index in [2.05, 4.69) is 10.3 Å². The lowest BCUT2D eigenvalue weighted by Crippen LogP contribution is -2.09. The predicted molar refractivity (Wildman–Crippen MR) is 75.9 cm³/mol. The van der Waals surface area contributed by atoms with Gasteiger partial charge in [0.15, 0.2) is 0 Å². The lowest BCUT2D eigenvalue weighted by Gasteiger charge is -2.15. The number of aromatic nitrogens is 1. The van der Waals surface area contributed by atoms with Gasteiger partial charge in [0.05, 0.1) is 35.5 Å². The Kier molecular flexibility index (Phi) is 4.14. The number of nitro benzene ring substituents is 1. The van der Waals surface area contributed by atoms with Gasteiger partial charge < -0.3 is 10.1 Å². The molecule has 1 unspecified atom stereocenters. The zero-order valence-corrected chi connectivity index (χ0v) is 11.2. The second kappa shape index (κ2) is 6.01. The van der Waals surface area contributed by atoms with Crippen molar-refractivity contribution in [3.8, 4) is 5.88 Å². The number of benzene rings is 1. The van der Waals surface area contributed by atoms with Gasteiger partial charge in [-0.25, -0.2) is 4.98 Å². The summed E-state index contributed by atoms with van der Waals surface area (Å²) in [6, 6.07) is 10.0. The van der Waals surface area contributed by atoms with Gasteiger partial charge in [0, 0.05) is 12.1 Å². The van der Waals surface area contributed by atoms with E-state index in [0.29, 0.717) is 11.4 Å². The largest absolute Gasteiger partial charge is 0.481 e. The van der Waals surface area contributed by atoms with Crippen molar-refractivity contribution in [2.24, 2.45) is 0 Å². The van der Waals surface area contributed by atoms with Crippen LogP contribution in [0.5, 0.6) is 5.88 Å². The molecule has 0 aliphatic carbocycles. The van der Waals surface area contributed by atoms with Gasteiger partial charge in [0.25, 0.3) is 5.69 Å². The zero-order valence-electron chi connectivity index (χ0n) is 11.2. The van der Waals surface area contributed by atoms with Crippen LogP contribution in [0.3, 0.4) is 0 Å². The van der Waals surface area contributed by atoms with Gasteiger partial charge in [-0.2, -0.15) is 0 Å². The highest BCUT2D eigenvalue weighted by Crippen LogP contribution is 2.27. The van der Waals surface area contributed by atoms with Gasteiger partial charge >= 0.3 is 0 Å². The molecule has 1 aromatic carbocycles. The predicted octanol–water partition coefficient (Wildman–Crippen LogP) is 3.17. The van der Waals surface area contributed by atoms with Crippen molar-refractivity contribution in [1.29, 1.82) is 0 Å². The molecule has 2 aromatic rings. The summed E-state index contributed by atoms with van der Waals surface area (Å²) >= 11 is 0. The molecular formula is C14H15N3O3. The molecule has 0 amide bonds. The first-order valence-electron chi connectivity index (χ1n) is 6.11. The van der Waals surface area contributed by atoms with Crippen LogP contribution >= 0.6 is 0 Å². The summed E-state index contributed by atoms with van der Waals surface area (Å²) in [5.41, 5.74) is 1.51. The topological polar surface area (TPSA) is 77.3 Å². The van der Waals surface area contributed by atoms with Crippen LogP contribution < -0.4 is 10.1 Å². The van der Waals surface area contributed by atoms with E-state index in [4.69, 9.17) is 4.74 Å². The molecule has 0 saturated carbocycles. The average molecular weight is 273 g/mol. The van der Waals surface area contributed by atoms with E-state index < -0.39 is 0 Å². The molecule has 0 spiro atoms. The highest BCUT2D eigenvalue weighted by molar-refractivity contribution is 5.49. The summed E-state index contributed by atoms with van der Waals surface area (Å²) in [6.07, 6.45) is 1.63. The van der Waals surface area contributed by atoms with Crippen LogP contribution in [0.15, 0.2) is 42.6 Å². The first-order valence-corrected chi connectivity index (χ1v) is 6.11. The molecule has 0 saturated heterocycles. The van der Waals surface area contributed by atoms with Crippen LogP contribution in [0.2, 0.25) is 0 Å². The monoisotopic (exact) mass is 273 g/mol. The molecule has 1 atom stereocenters. The summed E-state index contributed by atoms with van der Waals surface area (Å²) in [5.74, 6) is 0.522. The van der Waals surface area contributed by atoms with Crippen molar-refractivity contribution < 1.29 is 9.66 Å². The number of para-hydroxylation sites is 1. The molecule has 104 valence electrons. The number of anilines is 1. The molecule has 0 radical (unpaired) electrons. The maximum atomic E-state index is 11.0. The molecule has 2 rings (SSSR count). The molecule has 20 heavy (non-hydrogen) atoms. The molecule has 0 fully saturated rings. The van der Waals surface area contributed by atoms with Crippen molar-refractivity contribution in [3.05, 3.63) is 58.3 Å². The number of nitrogens with one attached hydrogen (secondary N) is 1. The van der Waals surface area contributed by atoms with Crippen molar-refractivity contribution >= 4 is 11.4 Å². The Morgan fingerprint density at radius 1 is 1.30 bits per heavy atom. The quantitative estimate of drug-likeness (QED) is 0.668. The van der Waals surface area contributed by atoms with Gasteiger partial charge in [0.2, 0.25) is 5.88 Å². The Bertz CT molecular complexity index is 599. The molecule has 0 bridgehead atoms. The number of hydrogen-bond donors (Lipinski definition) is 1. The van der Waals surface area contributed by atoms with Gasteiger partial charge in [-0.1, -0.05) is 18.2 Å². The van der Waals surface area contributed by atoms with Gasteiger partial charge in [-0.3, -0.25) is 10.1 Å². The van der Waals surface area contributed by atoms with Crippen molar-refractivity contribution in [2.75, 3.05) is 12.4 Å². The number of nitrogens with zero attached hydrogens (tertiary/aromatic N) is 2. The van der Waals surface area contributed by atoms with E-state index in [-0.39, 0.29) is 16.7 Å². The van der Waals surface area contributed by atoms with Crippen LogP contribution in [0.4, 0.5) is 11.4 Å². The fraction of sp³-hybridized carbons (Fsp3) is 0.214. The van der Waals surface area contributed by atoms with E-state index in [1.165, 1.54) is 6.07 Å². The number of ether oxygens (including phenoxy) is 1. The Morgan fingerprint density at radius 2 is 2.05 bits per heavy atom. The standard InChI is InChI=1S/C14H15N3O3/c1-10(12-5-3-4-6-13(12)17(18)19)16-11-7-8-14(20-2)15-9-11/h3-10,16H,1-2H3. The van der Waals surface area contributed by atoms with Gasteiger partial charge in [-0.05, 0) is 13.0 Å². The first-order chi connectivity index (χ1) is 9.61. The fourth-order valence-electron chi connectivity index (χ4n) is 1.93. The lowest BCUT2D eigenvalue weighted by molar-refractivity contribution is -0.385. The molecule has 1 aromatic heterocycles. The molecular weight excluding hydrogens is 258 g/mol. The minimum atomic E-state index is -0.375. The SMILES string of the molecule is COc1ccc(NC(C)c2ccccc2[N+](=O)[O-])cn1. The van der Waals surface area contributed by atoms with Crippen molar-refractivity contribution in [1.82, 2.24) is 4.98 Å². The summed E-state index contributed by atoms with van der Waals surface area (Å²) in [7, 11) is 1.55. The van der Waals surface area contributed by atoms with Gasteiger partial charge in [-0.15, -0.1) is 0 Å². The highest BCUT2D eigenvalue weighted by atomic mass is 16.6. The molecule has 6 nitrogen and oxygen atoms in total. The van der Waals surface area contributed by atoms with Crippen LogP contribution in [0.1, 0.15) is 18.5 Å². The minimum absolute atomic E-state index is 0.106. The second-order valence-corrected chi connectivity index (χ2v) is 4.27. The highest BCUT2D eigenvalue weighted by Gasteiger charge is 2.17. The molecule has 1 heterocycles. The molecule has 6 heteroatoms. The van der Waals surface area contributed by atoms with Gasteiger partial charge in [0.1, 0.15) is 0 Å². The maximum absolute atomic E-state index is 11.0. The van der Waals surface area contributed by atoms with Crippen LogP contribution in [-0.2, 0) is 0 Å². The zero-order chi connectivity index (χ0) is 14.5. The Morgan fingerprint density at radius 3 is 2.65 bits per heavy atom. The third kappa shape index (κ3) is 3.03. The molecule has 0 aliphatic heterocycles. The summed E-state index contributed by atoms with van der Waals surface area (Å²) in [5, 5.41) is 14.2. The van der Waals surface area contributed by atoms with Crippen molar-refractivity contribution in [3.63, 3.8) is 0 Å². The van der Waals surface area contributed by atoms with E-state index in [9.17, 15) is 10.1 Å². The number of hydrogen-bond acceptors (Lipinski definition) is 5. The van der Waals surface area contributed by atoms with E-state index >= 15 is 0 Å². The van der Waals surface area contributed by atoms with Crippen LogP contribution in [0.25, 0.3) is 0 Å². The minimum Gasteiger partial charge on any atom is -0.481 e. The number of nitro groups is 1. The number of rotatable bonds is 5. The van der Waals surface area contributed by atoms with E-state index in [1.807, 2.05) is 13.0 Å². The number of pyridine rings is 1. The first kappa shape index (κ1) is 13.8. The average Bonchev–Trinajstić information content (AvgIpc) is 2.48.